The summed E-state index contributed by atoms with van der Waals surface area (Å²) in [6.45, 7) is 7.50. The van der Waals surface area contributed by atoms with Crippen molar-refractivity contribution in [3.05, 3.63) is 35.9 Å². The van der Waals surface area contributed by atoms with Crippen LogP contribution in [0.3, 0.4) is 0 Å². The first-order valence-electron chi connectivity index (χ1n) is 6.72. The number of benzene rings is 1. The Hall–Kier alpha value is -1.39. The van der Waals surface area contributed by atoms with Gasteiger partial charge in [-0.3, -0.25) is 10.3 Å². The lowest BCUT2D eigenvalue weighted by molar-refractivity contribution is -0.0512. The number of hydrogen-bond donors (Lipinski definition) is 2. The Balaban J connectivity index is 2.15. The van der Waals surface area contributed by atoms with Gasteiger partial charge < -0.3 is 10.5 Å². The molecule has 0 radical (unpaired) electrons. The molecular formula is C15H23N3O. The van der Waals surface area contributed by atoms with E-state index in [4.69, 9.17) is 15.9 Å². The van der Waals surface area contributed by atoms with Gasteiger partial charge in [0.25, 0.3) is 0 Å². The quantitative estimate of drug-likeness (QED) is 0.642. The second-order valence-electron chi connectivity index (χ2n) is 5.73. The second kappa shape index (κ2) is 5.72. The Labute approximate surface area is 115 Å². The highest BCUT2D eigenvalue weighted by molar-refractivity contribution is 5.84. The predicted molar refractivity (Wildman–Crippen MR) is 77.6 cm³/mol. The van der Waals surface area contributed by atoms with Crippen LogP contribution in [-0.2, 0) is 4.74 Å². The molecular weight excluding hydrogens is 238 g/mol. The van der Waals surface area contributed by atoms with Gasteiger partial charge in [0.2, 0.25) is 0 Å². The molecule has 4 heteroatoms. The summed E-state index contributed by atoms with van der Waals surface area (Å²) in [6, 6.07) is 10.1. The van der Waals surface area contributed by atoms with Crippen LogP contribution in [0, 0.1) is 5.41 Å². The molecule has 0 spiro atoms. The molecule has 1 aromatic rings. The van der Waals surface area contributed by atoms with Crippen LogP contribution in [0.2, 0.25) is 0 Å². The number of nitrogens with zero attached hydrogens (tertiary/aromatic N) is 1. The third-order valence-electron chi connectivity index (χ3n) is 3.80. The van der Waals surface area contributed by atoms with Crippen molar-refractivity contribution in [2.24, 2.45) is 5.73 Å². The van der Waals surface area contributed by atoms with Crippen LogP contribution in [0.15, 0.2) is 30.3 Å². The van der Waals surface area contributed by atoms with Gasteiger partial charge in [-0.25, -0.2) is 0 Å². The molecule has 0 aromatic heterocycles. The molecule has 2 rings (SSSR count). The fourth-order valence-electron chi connectivity index (χ4n) is 2.52. The zero-order chi connectivity index (χ0) is 13.9. The number of morpholine rings is 1. The lowest BCUT2D eigenvalue weighted by atomic mass is 9.94. The van der Waals surface area contributed by atoms with Gasteiger partial charge in [0.15, 0.2) is 0 Å². The minimum absolute atomic E-state index is 0.000725. The largest absolute Gasteiger partial charge is 0.387 e. The molecule has 1 aliphatic rings. The summed E-state index contributed by atoms with van der Waals surface area (Å²) < 4.78 is 5.54. The number of nitrogens with two attached hydrogens (primary N) is 1. The Kier molecular flexibility index (Phi) is 4.22. The highest BCUT2D eigenvalue weighted by atomic mass is 16.5. The van der Waals surface area contributed by atoms with E-state index in [1.54, 1.807) is 0 Å². The fraction of sp³-hybridized carbons (Fsp3) is 0.533. The topological polar surface area (TPSA) is 62.3 Å². The normalized spacial score (nSPS) is 20.9. The maximum atomic E-state index is 7.86. The van der Waals surface area contributed by atoms with Gasteiger partial charge >= 0.3 is 0 Å². The molecule has 1 atom stereocenters. The van der Waals surface area contributed by atoms with Crippen LogP contribution in [0.4, 0.5) is 0 Å². The Bertz CT molecular complexity index is 430. The summed E-state index contributed by atoms with van der Waals surface area (Å²) in [5.41, 5.74) is 6.91. The summed E-state index contributed by atoms with van der Waals surface area (Å²) in [5.74, 6) is 0.187. The highest BCUT2D eigenvalue weighted by Gasteiger charge is 2.32. The van der Waals surface area contributed by atoms with Gasteiger partial charge in [-0.1, -0.05) is 30.3 Å². The first kappa shape index (κ1) is 14.0. The maximum Gasteiger partial charge on any atom is 0.0995 e. The van der Waals surface area contributed by atoms with Crippen molar-refractivity contribution < 1.29 is 4.74 Å². The van der Waals surface area contributed by atoms with E-state index in [-0.39, 0.29) is 17.3 Å². The molecule has 1 aromatic carbocycles. The molecule has 3 N–H and O–H groups in total. The predicted octanol–water partition coefficient (Wildman–Crippen LogP) is 1.82. The van der Waals surface area contributed by atoms with Crippen LogP contribution in [-0.4, -0.2) is 42.6 Å². The van der Waals surface area contributed by atoms with Crippen molar-refractivity contribution >= 4 is 5.84 Å². The fourth-order valence-corrected chi connectivity index (χ4v) is 2.52. The zero-order valence-corrected chi connectivity index (χ0v) is 11.7. The van der Waals surface area contributed by atoms with Crippen molar-refractivity contribution in [1.29, 1.82) is 5.41 Å². The molecule has 0 aliphatic carbocycles. The molecule has 1 unspecified atom stereocenters. The number of amidine groups is 1. The minimum atomic E-state index is -0.0430. The average molecular weight is 261 g/mol. The van der Waals surface area contributed by atoms with E-state index >= 15 is 0 Å². The molecule has 19 heavy (non-hydrogen) atoms. The molecule has 4 nitrogen and oxygen atoms in total. The van der Waals surface area contributed by atoms with Crippen LogP contribution in [0.1, 0.15) is 25.3 Å². The molecule has 0 amide bonds. The Morgan fingerprint density at radius 3 is 2.68 bits per heavy atom. The van der Waals surface area contributed by atoms with Crippen molar-refractivity contribution in [3.63, 3.8) is 0 Å². The minimum Gasteiger partial charge on any atom is -0.387 e. The first-order valence-corrected chi connectivity index (χ1v) is 6.72. The second-order valence-corrected chi connectivity index (χ2v) is 5.73. The van der Waals surface area contributed by atoms with Gasteiger partial charge in [-0.05, 0) is 19.4 Å². The SMILES string of the molecule is CC1(C)COCCN1CC(C(=N)N)c1ccccc1. The maximum absolute atomic E-state index is 7.86. The molecule has 1 heterocycles. The van der Waals surface area contributed by atoms with Crippen molar-refractivity contribution in [2.75, 3.05) is 26.3 Å². The van der Waals surface area contributed by atoms with Crippen molar-refractivity contribution in [1.82, 2.24) is 4.90 Å². The summed E-state index contributed by atoms with van der Waals surface area (Å²) in [4.78, 5) is 2.37. The van der Waals surface area contributed by atoms with E-state index < -0.39 is 0 Å². The summed E-state index contributed by atoms with van der Waals surface area (Å²) in [6.07, 6.45) is 0. The lowest BCUT2D eigenvalue weighted by Gasteiger charge is -2.43. The molecule has 0 saturated carbocycles. The Morgan fingerprint density at radius 2 is 2.11 bits per heavy atom. The molecule has 104 valence electrons. The summed E-state index contributed by atoms with van der Waals surface area (Å²) in [7, 11) is 0. The average Bonchev–Trinajstić information content (AvgIpc) is 2.37. The van der Waals surface area contributed by atoms with Crippen LogP contribution in [0.25, 0.3) is 0 Å². The molecule has 1 fully saturated rings. The molecule has 1 saturated heterocycles. The van der Waals surface area contributed by atoms with E-state index in [0.29, 0.717) is 0 Å². The van der Waals surface area contributed by atoms with Gasteiger partial charge in [0.1, 0.15) is 0 Å². The van der Waals surface area contributed by atoms with Gasteiger partial charge in [-0.2, -0.15) is 0 Å². The van der Waals surface area contributed by atoms with Crippen LogP contribution >= 0.6 is 0 Å². The van der Waals surface area contributed by atoms with Gasteiger partial charge in [0.05, 0.1) is 25.0 Å². The Morgan fingerprint density at radius 1 is 1.42 bits per heavy atom. The van der Waals surface area contributed by atoms with E-state index in [1.165, 1.54) is 0 Å². The standard InChI is InChI=1S/C15H23N3O/c1-15(2)11-19-9-8-18(15)10-13(14(16)17)12-6-4-3-5-7-12/h3-7,13H,8-11H2,1-2H3,(H3,16,17). The van der Waals surface area contributed by atoms with Crippen molar-refractivity contribution in [2.45, 2.75) is 25.3 Å². The van der Waals surface area contributed by atoms with Gasteiger partial charge in [0, 0.05) is 18.6 Å². The number of rotatable bonds is 4. The first-order chi connectivity index (χ1) is 9.00. The smallest absolute Gasteiger partial charge is 0.0995 e. The van der Waals surface area contributed by atoms with E-state index in [9.17, 15) is 0 Å². The monoisotopic (exact) mass is 261 g/mol. The number of nitrogens with one attached hydrogen (secondary N) is 1. The third-order valence-corrected chi connectivity index (χ3v) is 3.80. The van der Waals surface area contributed by atoms with Crippen LogP contribution in [0.5, 0.6) is 0 Å². The lowest BCUT2D eigenvalue weighted by Crippen LogP contribution is -2.54. The van der Waals surface area contributed by atoms with Gasteiger partial charge in [-0.15, -0.1) is 0 Å². The van der Waals surface area contributed by atoms with Crippen LogP contribution < -0.4 is 5.73 Å². The summed E-state index contributed by atoms with van der Waals surface area (Å²) >= 11 is 0. The molecule has 1 aliphatic heterocycles. The third kappa shape index (κ3) is 3.33. The molecule has 0 bridgehead atoms. The van der Waals surface area contributed by atoms with E-state index in [1.807, 2.05) is 30.3 Å². The van der Waals surface area contributed by atoms with E-state index in [2.05, 4.69) is 18.7 Å². The van der Waals surface area contributed by atoms with E-state index in [0.717, 1.165) is 31.9 Å². The number of hydrogen-bond acceptors (Lipinski definition) is 3. The highest BCUT2D eigenvalue weighted by Crippen LogP contribution is 2.24. The van der Waals surface area contributed by atoms with Crippen molar-refractivity contribution in [3.8, 4) is 0 Å². The zero-order valence-electron chi connectivity index (χ0n) is 11.7. The summed E-state index contributed by atoms with van der Waals surface area (Å²) in [5, 5.41) is 7.86. The number of ether oxygens (including phenoxy) is 1.